The predicted octanol–water partition coefficient (Wildman–Crippen LogP) is 3.67. The van der Waals surface area contributed by atoms with Gasteiger partial charge in [0.2, 0.25) is 0 Å². The highest BCUT2D eigenvalue weighted by Crippen LogP contribution is 2.20. The lowest BCUT2D eigenvalue weighted by Crippen LogP contribution is -2.22. The zero-order valence-electron chi connectivity index (χ0n) is 13.1. The number of rotatable bonds is 2. The average Bonchev–Trinajstić information content (AvgIpc) is 3.18. The molecule has 0 saturated carbocycles. The van der Waals surface area contributed by atoms with Gasteiger partial charge >= 0.3 is 0 Å². The highest BCUT2D eigenvalue weighted by atomic mass is 32.1. The maximum Gasteiger partial charge on any atom is 0.267 e. The molecule has 0 saturated heterocycles. The first kappa shape index (κ1) is 16.1. The summed E-state index contributed by atoms with van der Waals surface area (Å²) in [6.45, 7) is 0.159. The van der Waals surface area contributed by atoms with Crippen molar-refractivity contribution >= 4 is 21.6 Å². The van der Waals surface area contributed by atoms with Gasteiger partial charge in [-0.2, -0.15) is 5.10 Å². The minimum absolute atomic E-state index is 0.159. The minimum atomic E-state index is -0.324. The second-order valence-electron chi connectivity index (χ2n) is 5.21. The summed E-state index contributed by atoms with van der Waals surface area (Å²) >= 11 is 1.79. The van der Waals surface area contributed by atoms with E-state index in [-0.39, 0.29) is 17.9 Å². The Labute approximate surface area is 142 Å². The lowest BCUT2D eigenvalue weighted by molar-refractivity contribution is 0.572. The third-order valence-electron chi connectivity index (χ3n) is 3.57. The lowest BCUT2D eigenvalue weighted by atomic mass is 10.2. The minimum Gasteiger partial charge on any atom is -0.350 e. The molecule has 0 spiro atoms. The Balaban J connectivity index is 0.000000159. The molecule has 0 aliphatic rings. The second kappa shape index (κ2) is 7.23. The van der Waals surface area contributed by atoms with Gasteiger partial charge in [-0.05, 0) is 29.6 Å². The van der Waals surface area contributed by atoms with E-state index in [1.807, 2.05) is 0 Å². The molecule has 0 aliphatic carbocycles. The molecule has 0 aliphatic heterocycles. The van der Waals surface area contributed by atoms with Gasteiger partial charge in [0.1, 0.15) is 5.82 Å². The lowest BCUT2D eigenvalue weighted by Gasteiger charge is -2.04. The van der Waals surface area contributed by atoms with Crippen LogP contribution in [0.1, 0.15) is 5.56 Å². The van der Waals surface area contributed by atoms with Gasteiger partial charge in [0, 0.05) is 31.1 Å². The van der Waals surface area contributed by atoms with Gasteiger partial charge in [0.15, 0.2) is 0 Å². The van der Waals surface area contributed by atoms with Crippen LogP contribution in [0.25, 0.3) is 10.2 Å². The Morgan fingerprint density at radius 1 is 1.12 bits per heavy atom. The molecule has 4 rings (SSSR count). The van der Waals surface area contributed by atoms with Crippen LogP contribution in [-0.2, 0) is 13.6 Å². The zero-order valence-corrected chi connectivity index (χ0v) is 13.9. The molecule has 0 amide bonds. The Morgan fingerprint density at radius 3 is 2.71 bits per heavy atom. The molecule has 0 N–H and O–H groups in total. The van der Waals surface area contributed by atoms with Gasteiger partial charge in [0.25, 0.3) is 5.56 Å². The van der Waals surface area contributed by atoms with E-state index in [4.69, 9.17) is 0 Å². The number of benzene rings is 1. The molecule has 3 heterocycles. The fraction of sp³-hybridized carbons (Fsp3) is 0.111. The number of hydrogen-bond acceptors (Lipinski definition) is 3. The van der Waals surface area contributed by atoms with Crippen molar-refractivity contribution in [3.63, 3.8) is 0 Å². The molecule has 4 aromatic rings. The number of aromatic nitrogens is 3. The van der Waals surface area contributed by atoms with Crippen molar-refractivity contribution in [2.24, 2.45) is 7.05 Å². The van der Waals surface area contributed by atoms with E-state index in [0.29, 0.717) is 5.56 Å². The molecular formula is C18H16FN3OS. The highest BCUT2D eigenvalue weighted by Gasteiger charge is 2.02. The summed E-state index contributed by atoms with van der Waals surface area (Å²) in [5.41, 5.74) is 1.55. The third-order valence-corrected chi connectivity index (χ3v) is 4.44. The first-order valence-electron chi connectivity index (χ1n) is 7.39. The summed E-state index contributed by atoms with van der Waals surface area (Å²) in [5.74, 6) is -0.324. The van der Waals surface area contributed by atoms with E-state index in [9.17, 15) is 9.18 Å². The fourth-order valence-electron chi connectivity index (χ4n) is 2.28. The standard InChI is InChI=1S/C11H9FN2O.C7H7NS/c12-10-5-2-1-4-9(10)8-14-11(15)6-3-7-13-14;1-8-4-2-7-6(8)3-5-9-7/h1-7H,8H2;2-5H,1H3. The maximum absolute atomic E-state index is 13.3. The second-order valence-corrected chi connectivity index (χ2v) is 6.16. The van der Waals surface area contributed by atoms with Gasteiger partial charge in [-0.25, -0.2) is 9.07 Å². The van der Waals surface area contributed by atoms with Crippen molar-refractivity contribution in [1.29, 1.82) is 0 Å². The van der Waals surface area contributed by atoms with Gasteiger partial charge in [-0.15, -0.1) is 11.3 Å². The van der Waals surface area contributed by atoms with Gasteiger partial charge in [-0.1, -0.05) is 18.2 Å². The van der Waals surface area contributed by atoms with Crippen molar-refractivity contribution in [3.05, 3.63) is 88.0 Å². The number of hydrogen-bond donors (Lipinski definition) is 0. The number of nitrogens with zero attached hydrogens (tertiary/aromatic N) is 3. The van der Waals surface area contributed by atoms with E-state index in [1.165, 1.54) is 33.2 Å². The molecule has 0 radical (unpaired) electrons. The van der Waals surface area contributed by atoms with E-state index >= 15 is 0 Å². The van der Waals surface area contributed by atoms with Crippen molar-refractivity contribution in [2.75, 3.05) is 0 Å². The van der Waals surface area contributed by atoms with E-state index in [0.717, 1.165) is 0 Å². The third kappa shape index (κ3) is 3.60. The number of aryl methyl sites for hydroxylation is 1. The van der Waals surface area contributed by atoms with Crippen LogP contribution in [0.4, 0.5) is 4.39 Å². The van der Waals surface area contributed by atoms with Crippen molar-refractivity contribution in [2.45, 2.75) is 6.54 Å². The first-order valence-corrected chi connectivity index (χ1v) is 8.27. The van der Waals surface area contributed by atoms with Crippen LogP contribution >= 0.6 is 11.3 Å². The van der Waals surface area contributed by atoms with Crippen LogP contribution in [0.15, 0.2) is 71.1 Å². The van der Waals surface area contributed by atoms with Crippen molar-refractivity contribution < 1.29 is 4.39 Å². The quantitative estimate of drug-likeness (QED) is 0.558. The number of thiophene rings is 1. The summed E-state index contributed by atoms with van der Waals surface area (Å²) < 4.78 is 18.0. The normalized spacial score (nSPS) is 10.4. The summed E-state index contributed by atoms with van der Waals surface area (Å²) in [7, 11) is 2.06. The van der Waals surface area contributed by atoms with Crippen LogP contribution in [0.2, 0.25) is 0 Å². The molecule has 4 nitrogen and oxygen atoms in total. The molecule has 0 bridgehead atoms. The van der Waals surface area contributed by atoms with Crippen LogP contribution in [0.3, 0.4) is 0 Å². The van der Waals surface area contributed by atoms with Crippen LogP contribution in [0, 0.1) is 5.82 Å². The SMILES string of the molecule is Cn1ccc2sccc21.O=c1cccnn1Cc1ccccc1F. The van der Waals surface area contributed by atoms with Crippen molar-refractivity contribution in [3.8, 4) is 0 Å². The van der Waals surface area contributed by atoms with Crippen LogP contribution in [-0.4, -0.2) is 14.3 Å². The van der Waals surface area contributed by atoms with E-state index in [2.05, 4.69) is 40.4 Å². The molecule has 24 heavy (non-hydrogen) atoms. The molecule has 3 aromatic heterocycles. The molecule has 0 atom stereocenters. The van der Waals surface area contributed by atoms with Gasteiger partial charge < -0.3 is 4.57 Å². The van der Waals surface area contributed by atoms with Crippen LogP contribution < -0.4 is 5.56 Å². The summed E-state index contributed by atoms with van der Waals surface area (Å²) in [5, 5.41) is 5.97. The van der Waals surface area contributed by atoms with E-state index in [1.54, 1.807) is 35.6 Å². The van der Waals surface area contributed by atoms with Crippen molar-refractivity contribution in [1.82, 2.24) is 14.3 Å². The average molecular weight is 341 g/mol. The Bertz CT molecular complexity index is 1000. The Hall–Kier alpha value is -2.73. The summed E-state index contributed by atoms with van der Waals surface area (Å²) in [6.07, 6.45) is 3.59. The monoisotopic (exact) mass is 341 g/mol. The van der Waals surface area contributed by atoms with Crippen LogP contribution in [0.5, 0.6) is 0 Å². The number of fused-ring (bicyclic) bond motifs is 1. The first-order chi connectivity index (χ1) is 11.6. The molecular weight excluding hydrogens is 325 g/mol. The smallest absolute Gasteiger partial charge is 0.267 e. The molecule has 0 unspecified atom stereocenters. The highest BCUT2D eigenvalue weighted by molar-refractivity contribution is 7.17. The fourth-order valence-corrected chi connectivity index (χ4v) is 3.10. The zero-order chi connectivity index (χ0) is 16.9. The molecule has 6 heteroatoms. The Kier molecular flexibility index (Phi) is 4.86. The van der Waals surface area contributed by atoms with Gasteiger partial charge in [-0.3, -0.25) is 4.79 Å². The van der Waals surface area contributed by atoms with Gasteiger partial charge in [0.05, 0.1) is 16.8 Å². The summed E-state index contributed by atoms with van der Waals surface area (Å²) in [4.78, 5) is 11.3. The molecule has 0 fully saturated rings. The Morgan fingerprint density at radius 2 is 1.96 bits per heavy atom. The molecule has 1 aromatic carbocycles. The number of halogens is 1. The maximum atomic E-state index is 13.3. The largest absolute Gasteiger partial charge is 0.350 e. The molecule has 122 valence electrons. The summed E-state index contributed by atoms with van der Waals surface area (Å²) in [6, 6.07) is 13.6. The topological polar surface area (TPSA) is 39.8 Å². The predicted molar refractivity (Wildman–Crippen MR) is 94.8 cm³/mol. The van der Waals surface area contributed by atoms with E-state index < -0.39 is 0 Å².